The molecule has 1 aliphatic rings. The molecule has 1 aromatic carbocycles. The minimum Gasteiger partial charge on any atom is -0.381 e. The Morgan fingerprint density at radius 3 is 3.00 bits per heavy atom. The van der Waals surface area contributed by atoms with E-state index in [1.807, 2.05) is 0 Å². The number of benzene rings is 1. The SMILES string of the molecule is COC1CCN(S(=O)(=O)c2cccc3nsnc23)C(CN)C1. The van der Waals surface area contributed by atoms with Crippen molar-refractivity contribution in [2.75, 3.05) is 20.2 Å². The molecule has 2 N–H and O–H groups in total. The number of fused-ring (bicyclic) bond motifs is 1. The number of piperidine rings is 1. The molecule has 2 unspecified atom stereocenters. The summed E-state index contributed by atoms with van der Waals surface area (Å²) >= 11 is 1.01. The quantitative estimate of drug-likeness (QED) is 0.883. The zero-order chi connectivity index (χ0) is 15.7. The van der Waals surface area contributed by atoms with Gasteiger partial charge in [0, 0.05) is 26.2 Å². The molecular formula is C13H18N4O3S2. The average molecular weight is 342 g/mol. The third-order valence-electron chi connectivity index (χ3n) is 4.05. The van der Waals surface area contributed by atoms with Gasteiger partial charge < -0.3 is 10.5 Å². The number of ether oxygens (including phenoxy) is 1. The Balaban J connectivity index is 2.00. The van der Waals surface area contributed by atoms with Crippen molar-refractivity contribution in [1.29, 1.82) is 0 Å². The molecule has 0 bridgehead atoms. The fraction of sp³-hybridized carbons (Fsp3) is 0.538. The number of sulfonamides is 1. The molecule has 2 atom stereocenters. The normalized spacial score (nSPS) is 23.9. The summed E-state index contributed by atoms with van der Waals surface area (Å²) in [6.07, 6.45) is 1.33. The highest BCUT2D eigenvalue weighted by molar-refractivity contribution is 7.89. The average Bonchev–Trinajstić information content (AvgIpc) is 3.02. The molecule has 0 saturated carbocycles. The third kappa shape index (κ3) is 2.63. The minimum absolute atomic E-state index is 0.0525. The van der Waals surface area contributed by atoms with Crippen LogP contribution in [0.15, 0.2) is 23.1 Å². The second-order valence-electron chi connectivity index (χ2n) is 5.28. The Morgan fingerprint density at radius 2 is 2.27 bits per heavy atom. The molecule has 22 heavy (non-hydrogen) atoms. The van der Waals surface area contributed by atoms with Gasteiger partial charge in [0.25, 0.3) is 0 Å². The van der Waals surface area contributed by atoms with Crippen LogP contribution in [0.4, 0.5) is 0 Å². The summed E-state index contributed by atoms with van der Waals surface area (Å²) in [4.78, 5) is 0.202. The minimum atomic E-state index is -3.65. The van der Waals surface area contributed by atoms with Gasteiger partial charge in [-0.15, -0.1) is 0 Å². The van der Waals surface area contributed by atoms with E-state index in [0.717, 1.165) is 11.7 Å². The summed E-state index contributed by atoms with van der Waals surface area (Å²) < 4.78 is 41.1. The molecule has 0 aliphatic carbocycles. The first-order valence-corrected chi connectivity index (χ1v) is 9.21. The predicted octanol–water partition coefficient (Wildman–Crippen LogP) is 0.818. The number of hydrogen-bond acceptors (Lipinski definition) is 7. The lowest BCUT2D eigenvalue weighted by Gasteiger charge is -2.37. The highest BCUT2D eigenvalue weighted by Gasteiger charge is 2.37. The first-order valence-electron chi connectivity index (χ1n) is 7.04. The summed E-state index contributed by atoms with van der Waals surface area (Å²) in [6.45, 7) is 0.668. The fourth-order valence-electron chi connectivity index (χ4n) is 2.85. The lowest BCUT2D eigenvalue weighted by atomic mass is 10.0. The van der Waals surface area contributed by atoms with Gasteiger partial charge in [0.05, 0.1) is 17.8 Å². The molecule has 2 aromatic rings. The molecule has 9 heteroatoms. The first kappa shape index (κ1) is 15.8. The summed E-state index contributed by atoms with van der Waals surface area (Å²) in [6, 6.07) is 4.77. The van der Waals surface area contributed by atoms with E-state index in [1.54, 1.807) is 25.3 Å². The standard InChI is InChI=1S/C13H18N4O3S2/c1-20-10-5-6-17(9(7-10)8-14)22(18,19)12-4-2-3-11-13(12)16-21-15-11/h2-4,9-10H,5-8,14H2,1H3. The van der Waals surface area contributed by atoms with Gasteiger partial charge in [0.2, 0.25) is 10.0 Å². The van der Waals surface area contributed by atoms with E-state index < -0.39 is 10.0 Å². The molecule has 3 rings (SSSR count). The topological polar surface area (TPSA) is 98.4 Å². The molecule has 1 aliphatic heterocycles. The van der Waals surface area contributed by atoms with Crippen molar-refractivity contribution in [3.8, 4) is 0 Å². The van der Waals surface area contributed by atoms with Crippen molar-refractivity contribution in [3.05, 3.63) is 18.2 Å². The lowest BCUT2D eigenvalue weighted by Crippen LogP contribution is -2.51. The number of nitrogens with zero attached hydrogens (tertiary/aromatic N) is 3. The van der Waals surface area contributed by atoms with E-state index in [9.17, 15) is 8.42 Å². The van der Waals surface area contributed by atoms with Crippen molar-refractivity contribution >= 4 is 32.8 Å². The van der Waals surface area contributed by atoms with Crippen LogP contribution in [0.1, 0.15) is 12.8 Å². The first-order chi connectivity index (χ1) is 10.6. The highest BCUT2D eigenvalue weighted by Crippen LogP contribution is 2.29. The number of rotatable bonds is 4. The lowest BCUT2D eigenvalue weighted by molar-refractivity contribution is 0.0402. The second kappa shape index (κ2) is 6.17. The van der Waals surface area contributed by atoms with Gasteiger partial charge in [-0.2, -0.15) is 13.1 Å². The van der Waals surface area contributed by atoms with Crippen molar-refractivity contribution in [2.24, 2.45) is 5.73 Å². The maximum Gasteiger partial charge on any atom is 0.245 e. The van der Waals surface area contributed by atoms with Crippen LogP contribution in [0.3, 0.4) is 0 Å². The van der Waals surface area contributed by atoms with Crippen molar-refractivity contribution < 1.29 is 13.2 Å². The van der Waals surface area contributed by atoms with E-state index in [0.29, 0.717) is 30.4 Å². The van der Waals surface area contributed by atoms with Gasteiger partial charge in [-0.1, -0.05) is 6.07 Å². The van der Waals surface area contributed by atoms with Crippen LogP contribution in [-0.4, -0.2) is 53.8 Å². The highest BCUT2D eigenvalue weighted by atomic mass is 32.2. The molecule has 1 saturated heterocycles. The van der Waals surface area contributed by atoms with Crippen LogP contribution < -0.4 is 5.73 Å². The summed E-state index contributed by atoms with van der Waals surface area (Å²) in [7, 11) is -2.01. The molecule has 1 aromatic heterocycles. The fourth-order valence-corrected chi connectivity index (χ4v) is 5.27. The zero-order valence-corrected chi connectivity index (χ0v) is 13.8. The van der Waals surface area contributed by atoms with Crippen molar-refractivity contribution in [1.82, 2.24) is 13.1 Å². The van der Waals surface area contributed by atoms with Crippen LogP contribution in [-0.2, 0) is 14.8 Å². The van der Waals surface area contributed by atoms with Gasteiger partial charge in [0.15, 0.2) is 0 Å². The third-order valence-corrected chi connectivity index (χ3v) is 6.58. The number of nitrogens with two attached hydrogens (primary N) is 1. The van der Waals surface area contributed by atoms with Gasteiger partial charge in [-0.3, -0.25) is 0 Å². The molecule has 1 fully saturated rings. The molecule has 0 amide bonds. The van der Waals surface area contributed by atoms with Crippen LogP contribution in [0.2, 0.25) is 0 Å². The summed E-state index contributed by atoms with van der Waals surface area (Å²) in [5, 5.41) is 0. The molecule has 7 nitrogen and oxygen atoms in total. The number of hydrogen-bond donors (Lipinski definition) is 1. The van der Waals surface area contributed by atoms with Gasteiger partial charge >= 0.3 is 0 Å². The largest absolute Gasteiger partial charge is 0.381 e. The van der Waals surface area contributed by atoms with Crippen molar-refractivity contribution in [3.63, 3.8) is 0 Å². The van der Waals surface area contributed by atoms with Gasteiger partial charge in [-0.25, -0.2) is 8.42 Å². The maximum absolute atomic E-state index is 13.0. The van der Waals surface area contributed by atoms with Gasteiger partial charge in [-0.05, 0) is 25.0 Å². The Morgan fingerprint density at radius 1 is 1.45 bits per heavy atom. The Bertz CT molecular complexity index is 761. The maximum atomic E-state index is 13.0. The Labute approximate surface area is 133 Å². The van der Waals surface area contributed by atoms with Crippen LogP contribution in [0, 0.1) is 0 Å². The molecular weight excluding hydrogens is 324 g/mol. The van der Waals surface area contributed by atoms with E-state index in [1.165, 1.54) is 4.31 Å². The molecule has 0 spiro atoms. The molecule has 0 radical (unpaired) electrons. The van der Waals surface area contributed by atoms with Gasteiger partial charge in [0.1, 0.15) is 15.9 Å². The Kier molecular flexibility index (Phi) is 4.42. The predicted molar refractivity (Wildman–Crippen MR) is 84.2 cm³/mol. The second-order valence-corrected chi connectivity index (χ2v) is 7.66. The van der Waals surface area contributed by atoms with Crippen LogP contribution >= 0.6 is 11.7 Å². The summed E-state index contributed by atoms with van der Waals surface area (Å²) in [5.74, 6) is 0. The number of methoxy groups -OCH3 is 1. The van der Waals surface area contributed by atoms with E-state index in [-0.39, 0.29) is 23.6 Å². The van der Waals surface area contributed by atoms with E-state index in [2.05, 4.69) is 8.75 Å². The van der Waals surface area contributed by atoms with Crippen molar-refractivity contribution in [2.45, 2.75) is 29.9 Å². The molecule has 2 heterocycles. The van der Waals surface area contributed by atoms with E-state index >= 15 is 0 Å². The van der Waals surface area contributed by atoms with Crippen LogP contribution in [0.25, 0.3) is 11.0 Å². The molecule has 120 valence electrons. The Hall–Kier alpha value is -1.13. The monoisotopic (exact) mass is 342 g/mol. The van der Waals surface area contributed by atoms with Crippen LogP contribution in [0.5, 0.6) is 0 Å². The summed E-state index contributed by atoms with van der Waals surface area (Å²) in [5.41, 5.74) is 6.82. The smallest absolute Gasteiger partial charge is 0.245 e. The van der Waals surface area contributed by atoms with E-state index in [4.69, 9.17) is 10.5 Å². The number of aromatic nitrogens is 2. The zero-order valence-electron chi connectivity index (χ0n) is 12.2.